The number of nitrogens with zero attached hydrogens (tertiary/aromatic N) is 3. The van der Waals surface area contributed by atoms with Crippen LogP contribution in [0, 0.1) is 0 Å². The minimum atomic E-state index is -0.0375. The highest BCUT2D eigenvalue weighted by Crippen LogP contribution is 2.10. The Morgan fingerprint density at radius 2 is 1.81 bits per heavy atom. The number of carbonyl (C=O) groups is 1. The molecule has 1 N–H and O–H groups in total. The normalized spacial score (nSPS) is 15.1. The summed E-state index contributed by atoms with van der Waals surface area (Å²) in [7, 11) is 0. The van der Waals surface area contributed by atoms with Gasteiger partial charge in [0.1, 0.15) is 0 Å². The molecule has 2 aromatic rings. The van der Waals surface area contributed by atoms with E-state index in [1.165, 1.54) is 11.8 Å². The van der Waals surface area contributed by atoms with Gasteiger partial charge in [0, 0.05) is 39.3 Å². The summed E-state index contributed by atoms with van der Waals surface area (Å²) in [6.45, 7) is 6.61. The van der Waals surface area contributed by atoms with Gasteiger partial charge >= 0.3 is 0 Å². The molecule has 0 saturated carbocycles. The van der Waals surface area contributed by atoms with Crippen LogP contribution in [0.3, 0.4) is 0 Å². The first kappa shape index (κ1) is 19.0. The molecule has 1 aromatic heterocycles. The number of aliphatic imine (C=N–C) groups is 1. The van der Waals surface area contributed by atoms with Crippen molar-refractivity contribution < 1.29 is 9.21 Å². The van der Waals surface area contributed by atoms with E-state index in [9.17, 15) is 4.79 Å². The molecule has 0 aliphatic carbocycles. The Kier molecular flexibility index (Phi) is 6.90. The first-order valence-corrected chi connectivity index (χ1v) is 9.68. The Morgan fingerprint density at radius 1 is 1.07 bits per heavy atom. The molecule has 144 valence electrons. The molecule has 6 nitrogen and oxygen atoms in total. The maximum atomic E-state index is 12.4. The average molecular weight is 368 g/mol. The molecule has 1 amide bonds. The van der Waals surface area contributed by atoms with E-state index in [1.54, 1.807) is 12.1 Å². The van der Waals surface area contributed by atoms with E-state index in [0.29, 0.717) is 18.8 Å². The van der Waals surface area contributed by atoms with Crippen LogP contribution in [0.4, 0.5) is 0 Å². The van der Waals surface area contributed by atoms with Crippen LogP contribution < -0.4 is 5.32 Å². The van der Waals surface area contributed by atoms with Crippen molar-refractivity contribution in [3.63, 3.8) is 0 Å². The largest absolute Gasteiger partial charge is 0.459 e. The molecule has 1 aliphatic heterocycles. The van der Waals surface area contributed by atoms with Gasteiger partial charge in [-0.1, -0.05) is 30.3 Å². The van der Waals surface area contributed by atoms with Gasteiger partial charge in [-0.05, 0) is 37.5 Å². The molecule has 1 aromatic carbocycles. The lowest BCUT2D eigenvalue weighted by molar-refractivity contribution is 0.0657. The minimum absolute atomic E-state index is 0.0375. The number of hydrogen-bond acceptors (Lipinski definition) is 3. The van der Waals surface area contributed by atoms with Gasteiger partial charge in [-0.3, -0.25) is 9.79 Å². The van der Waals surface area contributed by atoms with Gasteiger partial charge in [0.2, 0.25) is 0 Å². The molecule has 2 heterocycles. The van der Waals surface area contributed by atoms with E-state index < -0.39 is 0 Å². The molecule has 3 rings (SSSR count). The van der Waals surface area contributed by atoms with Crippen molar-refractivity contribution >= 4 is 11.9 Å². The number of benzene rings is 1. The van der Waals surface area contributed by atoms with Gasteiger partial charge < -0.3 is 19.5 Å². The summed E-state index contributed by atoms with van der Waals surface area (Å²) in [5.41, 5.74) is 1.35. The van der Waals surface area contributed by atoms with E-state index >= 15 is 0 Å². The Morgan fingerprint density at radius 3 is 2.48 bits per heavy atom. The predicted octanol–water partition coefficient (Wildman–Crippen LogP) is 2.64. The fourth-order valence-electron chi connectivity index (χ4n) is 3.22. The topological polar surface area (TPSA) is 61.1 Å². The lowest BCUT2D eigenvalue weighted by Gasteiger charge is -2.36. The quantitative estimate of drug-likeness (QED) is 0.484. The fourth-order valence-corrected chi connectivity index (χ4v) is 3.22. The van der Waals surface area contributed by atoms with Gasteiger partial charge in [0.15, 0.2) is 11.7 Å². The monoisotopic (exact) mass is 368 g/mol. The van der Waals surface area contributed by atoms with Gasteiger partial charge in [-0.15, -0.1) is 0 Å². The fraction of sp³-hybridized carbons (Fsp3) is 0.429. The second-order valence-corrected chi connectivity index (χ2v) is 6.58. The van der Waals surface area contributed by atoms with Crippen molar-refractivity contribution in [2.75, 3.05) is 39.3 Å². The zero-order chi connectivity index (χ0) is 18.9. The summed E-state index contributed by atoms with van der Waals surface area (Å²) in [5.74, 6) is 1.31. The van der Waals surface area contributed by atoms with Crippen molar-refractivity contribution in [3.05, 3.63) is 60.1 Å². The third-order valence-electron chi connectivity index (χ3n) is 4.66. The van der Waals surface area contributed by atoms with Crippen LogP contribution in [0.25, 0.3) is 0 Å². The van der Waals surface area contributed by atoms with E-state index in [0.717, 1.165) is 45.0 Å². The van der Waals surface area contributed by atoms with Crippen molar-refractivity contribution in [2.45, 2.75) is 19.8 Å². The maximum Gasteiger partial charge on any atom is 0.289 e. The van der Waals surface area contributed by atoms with E-state index in [4.69, 9.17) is 9.41 Å². The number of guanidine groups is 1. The highest BCUT2D eigenvalue weighted by atomic mass is 16.3. The molecule has 1 saturated heterocycles. The molecule has 1 fully saturated rings. The van der Waals surface area contributed by atoms with Gasteiger partial charge in [0.05, 0.1) is 6.26 Å². The van der Waals surface area contributed by atoms with Crippen LogP contribution in [0.5, 0.6) is 0 Å². The highest BCUT2D eigenvalue weighted by Gasteiger charge is 2.25. The number of piperazine rings is 1. The summed E-state index contributed by atoms with van der Waals surface area (Å²) < 4.78 is 5.22. The highest BCUT2D eigenvalue weighted by molar-refractivity contribution is 5.91. The van der Waals surface area contributed by atoms with Crippen LogP contribution in [0.1, 0.15) is 29.5 Å². The summed E-state index contributed by atoms with van der Waals surface area (Å²) in [6.07, 6.45) is 3.60. The number of rotatable bonds is 6. The predicted molar refractivity (Wildman–Crippen MR) is 107 cm³/mol. The molecule has 6 heteroatoms. The average Bonchev–Trinajstić information content (AvgIpc) is 3.26. The van der Waals surface area contributed by atoms with Crippen LogP contribution in [-0.2, 0) is 6.42 Å². The third kappa shape index (κ3) is 5.36. The molecular weight excluding hydrogens is 340 g/mol. The smallest absolute Gasteiger partial charge is 0.289 e. The molecule has 1 aliphatic rings. The van der Waals surface area contributed by atoms with E-state index in [2.05, 4.69) is 41.4 Å². The lowest BCUT2D eigenvalue weighted by atomic mass is 10.1. The molecule has 0 radical (unpaired) electrons. The molecule has 0 spiro atoms. The van der Waals surface area contributed by atoms with Crippen molar-refractivity contribution in [1.29, 1.82) is 0 Å². The van der Waals surface area contributed by atoms with E-state index in [-0.39, 0.29) is 5.91 Å². The number of nitrogens with one attached hydrogen (secondary N) is 1. The standard InChI is InChI=1S/C21H28N4O2/c1-2-22-21(23-12-6-10-18-8-4-3-5-9-18)25-15-13-24(14-16-25)20(26)19-11-7-17-27-19/h3-5,7-9,11,17H,2,6,10,12-16H2,1H3,(H,22,23). The van der Waals surface area contributed by atoms with Crippen LogP contribution in [0.2, 0.25) is 0 Å². The van der Waals surface area contributed by atoms with Crippen molar-refractivity contribution in [2.24, 2.45) is 4.99 Å². The second kappa shape index (κ2) is 9.80. The van der Waals surface area contributed by atoms with E-state index in [1.807, 2.05) is 11.0 Å². The van der Waals surface area contributed by atoms with Crippen molar-refractivity contribution in [1.82, 2.24) is 15.1 Å². The second-order valence-electron chi connectivity index (χ2n) is 6.58. The molecule has 0 bridgehead atoms. The molecule has 0 atom stereocenters. The Balaban J connectivity index is 1.49. The zero-order valence-corrected chi connectivity index (χ0v) is 15.9. The summed E-state index contributed by atoms with van der Waals surface area (Å²) in [5, 5.41) is 3.38. The summed E-state index contributed by atoms with van der Waals surface area (Å²) in [4.78, 5) is 21.2. The zero-order valence-electron chi connectivity index (χ0n) is 15.9. The number of carbonyl (C=O) groups excluding carboxylic acids is 1. The number of aryl methyl sites for hydroxylation is 1. The first-order valence-electron chi connectivity index (χ1n) is 9.68. The third-order valence-corrected chi connectivity index (χ3v) is 4.66. The Hall–Kier alpha value is -2.76. The number of hydrogen-bond donors (Lipinski definition) is 1. The number of amides is 1. The molecular formula is C21H28N4O2. The first-order chi connectivity index (χ1) is 13.3. The van der Waals surface area contributed by atoms with Gasteiger partial charge in [0.25, 0.3) is 5.91 Å². The van der Waals surface area contributed by atoms with Crippen LogP contribution in [-0.4, -0.2) is 60.9 Å². The Bertz CT molecular complexity index is 720. The Labute approximate surface area is 160 Å². The van der Waals surface area contributed by atoms with Gasteiger partial charge in [-0.2, -0.15) is 0 Å². The number of furan rings is 1. The van der Waals surface area contributed by atoms with Crippen LogP contribution >= 0.6 is 0 Å². The lowest BCUT2D eigenvalue weighted by Crippen LogP contribution is -2.53. The summed E-state index contributed by atoms with van der Waals surface area (Å²) in [6, 6.07) is 14.0. The SMILES string of the molecule is CCNC(=NCCCc1ccccc1)N1CCN(C(=O)c2ccco2)CC1. The molecule has 0 unspecified atom stereocenters. The molecule has 27 heavy (non-hydrogen) atoms. The maximum absolute atomic E-state index is 12.4. The van der Waals surface area contributed by atoms with Gasteiger partial charge in [-0.25, -0.2) is 0 Å². The van der Waals surface area contributed by atoms with Crippen molar-refractivity contribution in [3.8, 4) is 0 Å². The van der Waals surface area contributed by atoms with Crippen LogP contribution in [0.15, 0.2) is 58.1 Å². The summed E-state index contributed by atoms with van der Waals surface area (Å²) >= 11 is 0. The minimum Gasteiger partial charge on any atom is -0.459 e.